The average molecular weight is 701 g/mol. The molecule has 1 aliphatic carbocycles. The van der Waals surface area contributed by atoms with E-state index in [-0.39, 0.29) is 5.41 Å². The Bertz CT molecular complexity index is 2690. The molecule has 9 aromatic carbocycles. The van der Waals surface area contributed by atoms with Crippen LogP contribution in [-0.4, -0.2) is 0 Å². The van der Waals surface area contributed by atoms with Crippen LogP contribution >= 0.6 is 15.8 Å². The zero-order chi connectivity index (χ0) is 34.8. The van der Waals surface area contributed by atoms with Crippen LogP contribution in [0, 0.1) is 0 Å². The molecule has 0 nitrogen and oxygen atoms in total. The van der Waals surface area contributed by atoms with Crippen LogP contribution in [0.25, 0.3) is 43.1 Å². The lowest BCUT2D eigenvalue weighted by atomic mass is 9.70. The third kappa shape index (κ3) is 4.97. The molecule has 10 rings (SSSR count). The molecule has 0 atom stereocenters. The third-order valence-electron chi connectivity index (χ3n) is 11.0. The molecule has 0 saturated heterocycles. The van der Waals surface area contributed by atoms with Gasteiger partial charge >= 0.3 is 0 Å². The Kier molecular flexibility index (Phi) is 7.61. The van der Waals surface area contributed by atoms with E-state index in [0.29, 0.717) is 0 Å². The molecule has 52 heavy (non-hydrogen) atoms. The molecule has 0 N–H and O–H groups in total. The monoisotopic (exact) mass is 700 g/mol. The second-order valence-electron chi connectivity index (χ2n) is 14.7. The highest BCUT2D eigenvalue weighted by Crippen LogP contribution is 2.52. The molecule has 9 aromatic rings. The maximum absolute atomic E-state index is 2.51. The summed E-state index contributed by atoms with van der Waals surface area (Å²) >= 11 is 0. The van der Waals surface area contributed by atoms with Gasteiger partial charge in [-0.2, -0.15) is 0 Å². The summed E-state index contributed by atoms with van der Waals surface area (Å²) in [4.78, 5) is 0. The SMILES string of the molecule is CC1(C)Cc2ccc(P(c3ccccc3)c3ccccc3)c3c4c(P(c5ccccc5)c5ccccc5)cccc4c4c5ccccc5cc1c4c23. The topological polar surface area (TPSA) is 0 Å². The molecule has 0 radical (unpaired) electrons. The van der Waals surface area contributed by atoms with E-state index in [1.807, 2.05) is 0 Å². The zero-order valence-corrected chi connectivity index (χ0v) is 31.2. The van der Waals surface area contributed by atoms with Crippen molar-refractivity contribution in [1.29, 1.82) is 0 Å². The minimum Gasteiger partial charge on any atom is -0.0622 e. The third-order valence-corrected chi connectivity index (χ3v) is 16.0. The number of rotatable bonds is 6. The van der Waals surface area contributed by atoms with E-state index in [9.17, 15) is 0 Å². The van der Waals surface area contributed by atoms with E-state index in [4.69, 9.17) is 0 Å². The van der Waals surface area contributed by atoms with Gasteiger partial charge in [-0.15, -0.1) is 0 Å². The fourth-order valence-electron chi connectivity index (χ4n) is 8.86. The van der Waals surface area contributed by atoms with Gasteiger partial charge in [0.15, 0.2) is 0 Å². The lowest BCUT2D eigenvalue weighted by molar-refractivity contribution is 0.526. The lowest BCUT2D eigenvalue weighted by Crippen LogP contribution is -2.28. The summed E-state index contributed by atoms with van der Waals surface area (Å²) in [6, 6.07) is 68.8. The van der Waals surface area contributed by atoms with Crippen LogP contribution in [0.1, 0.15) is 25.0 Å². The number of fused-ring (bicyclic) bond motifs is 5. The molecule has 0 amide bonds. The van der Waals surface area contributed by atoms with Gasteiger partial charge in [0, 0.05) is 0 Å². The average Bonchev–Trinajstić information content (AvgIpc) is 3.19. The summed E-state index contributed by atoms with van der Waals surface area (Å²) in [5.41, 5.74) is 2.94. The minimum absolute atomic E-state index is 0.000689. The molecule has 2 heteroatoms. The van der Waals surface area contributed by atoms with Gasteiger partial charge in [-0.05, 0) is 120 Å². The van der Waals surface area contributed by atoms with E-state index in [1.165, 1.54) is 86.0 Å². The highest BCUT2D eigenvalue weighted by molar-refractivity contribution is 7.81. The predicted octanol–water partition coefficient (Wildman–Crippen LogP) is 10.6. The first-order chi connectivity index (χ1) is 25.6. The highest BCUT2D eigenvalue weighted by Gasteiger charge is 2.35. The number of hydrogen-bond acceptors (Lipinski definition) is 0. The smallest absolute Gasteiger partial charge is 0.000572 e. The Morgan fingerprint density at radius 2 is 0.865 bits per heavy atom. The molecule has 1 aliphatic rings. The van der Waals surface area contributed by atoms with Crippen molar-refractivity contribution < 1.29 is 0 Å². The molecule has 0 saturated carbocycles. The fraction of sp³-hybridized carbons (Fsp3) is 0.0800. The van der Waals surface area contributed by atoms with Crippen LogP contribution in [0.4, 0.5) is 0 Å². The normalized spacial score (nSPS) is 13.6. The van der Waals surface area contributed by atoms with Gasteiger partial charge in [0.1, 0.15) is 0 Å². The van der Waals surface area contributed by atoms with Crippen LogP contribution in [0.2, 0.25) is 0 Å². The molecule has 0 heterocycles. The van der Waals surface area contributed by atoms with Gasteiger partial charge < -0.3 is 0 Å². The van der Waals surface area contributed by atoms with Gasteiger partial charge in [0.25, 0.3) is 0 Å². The summed E-state index contributed by atoms with van der Waals surface area (Å²) in [6.45, 7) is 4.90. The second kappa shape index (κ2) is 12.5. The van der Waals surface area contributed by atoms with E-state index < -0.39 is 15.8 Å². The van der Waals surface area contributed by atoms with Crippen LogP contribution in [0.3, 0.4) is 0 Å². The van der Waals surface area contributed by atoms with Crippen LogP contribution in [-0.2, 0) is 11.8 Å². The Morgan fingerprint density at radius 1 is 0.385 bits per heavy atom. The van der Waals surface area contributed by atoms with Gasteiger partial charge in [0.05, 0.1) is 0 Å². The first-order valence-corrected chi connectivity index (χ1v) is 20.9. The first kappa shape index (κ1) is 31.6. The number of hydrogen-bond donors (Lipinski definition) is 0. The Hall–Kier alpha value is -5.12. The molecule has 0 aliphatic heterocycles. The van der Waals surface area contributed by atoms with Crippen LogP contribution in [0.5, 0.6) is 0 Å². The van der Waals surface area contributed by atoms with E-state index in [1.54, 1.807) is 0 Å². The largest absolute Gasteiger partial charge is 0.0622 e. The predicted molar refractivity (Wildman–Crippen MR) is 231 cm³/mol. The van der Waals surface area contributed by atoms with E-state index >= 15 is 0 Å². The van der Waals surface area contributed by atoms with Crippen LogP contribution < -0.4 is 31.8 Å². The van der Waals surface area contributed by atoms with Crippen molar-refractivity contribution in [3.63, 3.8) is 0 Å². The van der Waals surface area contributed by atoms with E-state index in [2.05, 4.69) is 196 Å². The fourth-order valence-corrected chi connectivity index (χ4v) is 13.8. The zero-order valence-electron chi connectivity index (χ0n) is 29.4. The number of benzene rings is 9. The van der Waals surface area contributed by atoms with Gasteiger partial charge in [-0.1, -0.05) is 190 Å². The molecular formula is C50H38P2. The summed E-state index contributed by atoms with van der Waals surface area (Å²) in [7, 11) is -1.73. The summed E-state index contributed by atoms with van der Waals surface area (Å²) in [5.74, 6) is 0. The summed E-state index contributed by atoms with van der Waals surface area (Å²) < 4.78 is 0. The first-order valence-electron chi connectivity index (χ1n) is 18.3. The lowest BCUT2D eigenvalue weighted by Gasteiger charge is -2.36. The Balaban J connectivity index is 1.47. The quantitative estimate of drug-likeness (QED) is 0.120. The summed E-state index contributed by atoms with van der Waals surface area (Å²) in [5, 5.41) is 19.6. The van der Waals surface area contributed by atoms with Crippen molar-refractivity contribution >= 4 is 90.8 Å². The van der Waals surface area contributed by atoms with Crippen molar-refractivity contribution in [2.45, 2.75) is 25.7 Å². The molecule has 0 bridgehead atoms. The van der Waals surface area contributed by atoms with Gasteiger partial charge in [0.2, 0.25) is 0 Å². The molecule has 248 valence electrons. The molecule has 0 aromatic heterocycles. The van der Waals surface area contributed by atoms with Gasteiger partial charge in [-0.25, -0.2) is 0 Å². The highest BCUT2D eigenvalue weighted by atomic mass is 31.1. The molecular weight excluding hydrogens is 662 g/mol. The minimum atomic E-state index is -0.869. The van der Waals surface area contributed by atoms with Crippen LogP contribution in [0.15, 0.2) is 182 Å². The van der Waals surface area contributed by atoms with Gasteiger partial charge in [-0.3, -0.25) is 0 Å². The Labute approximate surface area is 308 Å². The maximum Gasteiger partial charge on any atom is -0.000572 e. The van der Waals surface area contributed by atoms with Crippen molar-refractivity contribution in [2.75, 3.05) is 0 Å². The molecule has 0 unspecified atom stereocenters. The van der Waals surface area contributed by atoms with E-state index in [0.717, 1.165) is 6.42 Å². The van der Waals surface area contributed by atoms with Crippen molar-refractivity contribution in [3.05, 3.63) is 193 Å². The van der Waals surface area contributed by atoms with Crippen molar-refractivity contribution in [2.24, 2.45) is 0 Å². The Morgan fingerprint density at radius 3 is 1.42 bits per heavy atom. The second-order valence-corrected chi connectivity index (χ2v) is 19.0. The summed E-state index contributed by atoms with van der Waals surface area (Å²) in [6.07, 6.45) is 1.01. The molecule has 0 spiro atoms. The standard InChI is InChI=1S/C50H38P2/c1-50(2)33-35-30-31-44(52(38-23-11-5-12-24-38)39-25-13-6-14-26-39)49-45(35)48-42(50)32-34-18-15-16-27-40(34)46(48)41-28-17-29-43(47(41)49)51(36-19-7-3-8-20-36)37-21-9-4-10-22-37/h3-32H,33H2,1-2H3. The van der Waals surface area contributed by atoms with Crippen molar-refractivity contribution in [3.8, 4) is 0 Å². The molecule has 0 fully saturated rings. The maximum atomic E-state index is 2.51. The van der Waals surface area contributed by atoms with Crippen molar-refractivity contribution in [1.82, 2.24) is 0 Å².